The second-order valence-electron chi connectivity index (χ2n) is 5.95. The molecule has 1 aliphatic carbocycles. The van der Waals surface area contributed by atoms with E-state index in [0.717, 1.165) is 30.2 Å². The van der Waals surface area contributed by atoms with Gasteiger partial charge in [-0.1, -0.05) is 24.3 Å². The van der Waals surface area contributed by atoms with Crippen LogP contribution in [0.1, 0.15) is 31.9 Å². The lowest BCUT2D eigenvalue weighted by Gasteiger charge is -2.28. The van der Waals surface area contributed by atoms with Crippen LogP contribution in [0.2, 0.25) is 0 Å². The third-order valence-electron chi connectivity index (χ3n) is 4.41. The van der Waals surface area contributed by atoms with Crippen LogP contribution in [-0.4, -0.2) is 22.5 Å². The number of hydrogen-bond acceptors (Lipinski definition) is 3. The van der Waals surface area contributed by atoms with Gasteiger partial charge in [0.1, 0.15) is 0 Å². The summed E-state index contributed by atoms with van der Waals surface area (Å²) in [6, 6.07) is 15.3. The average Bonchev–Trinajstić information content (AvgIpc) is 3.35. The number of fused-ring (bicyclic) bond motifs is 1. The highest BCUT2D eigenvalue weighted by molar-refractivity contribution is 5.78. The number of benzene rings is 1. The first kappa shape index (κ1) is 14.0. The Morgan fingerprint density at radius 2 is 2.10 bits per heavy atom. The zero-order valence-electron chi connectivity index (χ0n) is 12.5. The van der Waals surface area contributed by atoms with Crippen LogP contribution in [0.15, 0.2) is 36.4 Å². The molecule has 108 valence electrons. The number of para-hydroxylation sites is 1. The molecule has 0 spiro atoms. The molecule has 0 aliphatic heterocycles. The summed E-state index contributed by atoms with van der Waals surface area (Å²) in [5.74, 6) is 0.809. The van der Waals surface area contributed by atoms with Crippen LogP contribution < -0.4 is 0 Å². The molecular weight excluding hydrogens is 258 g/mol. The standard InChI is InChI=1S/C18H21N3/c1-14(15-7-8-15)21(12-4-11-19)13-17-10-9-16-5-2-3-6-18(16)20-17/h2-3,5-6,9-10,14-15H,4,7-8,12-13H2,1H3. The Hall–Kier alpha value is -1.92. The summed E-state index contributed by atoms with van der Waals surface area (Å²) in [6.07, 6.45) is 3.25. The number of hydrogen-bond donors (Lipinski definition) is 0. The lowest BCUT2D eigenvalue weighted by Crippen LogP contribution is -2.35. The van der Waals surface area contributed by atoms with E-state index in [2.05, 4.69) is 42.2 Å². The van der Waals surface area contributed by atoms with E-state index in [-0.39, 0.29) is 0 Å². The fraction of sp³-hybridized carbons (Fsp3) is 0.444. The number of nitrogens with zero attached hydrogens (tertiary/aromatic N) is 3. The van der Waals surface area contributed by atoms with Gasteiger partial charge < -0.3 is 0 Å². The van der Waals surface area contributed by atoms with Crippen LogP contribution in [0.4, 0.5) is 0 Å². The van der Waals surface area contributed by atoms with Crippen molar-refractivity contribution in [2.24, 2.45) is 5.92 Å². The fourth-order valence-electron chi connectivity index (χ4n) is 2.90. The van der Waals surface area contributed by atoms with Gasteiger partial charge in [-0.15, -0.1) is 0 Å². The monoisotopic (exact) mass is 279 g/mol. The molecular formula is C18H21N3. The summed E-state index contributed by atoms with van der Waals surface area (Å²) in [5, 5.41) is 10.0. The van der Waals surface area contributed by atoms with E-state index in [0.29, 0.717) is 12.5 Å². The lowest BCUT2D eigenvalue weighted by atomic mass is 10.1. The van der Waals surface area contributed by atoms with Gasteiger partial charge in [0.25, 0.3) is 0 Å². The second kappa shape index (κ2) is 6.24. The first-order valence-electron chi connectivity index (χ1n) is 7.73. The minimum Gasteiger partial charge on any atom is -0.294 e. The van der Waals surface area contributed by atoms with Gasteiger partial charge in [-0.2, -0.15) is 5.26 Å². The van der Waals surface area contributed by atoms with Crippen molar-refractivity contribution in [3.63, 3.8) is 0 Å². The smallest absolute Gasteiger partial charge is 0.0705 e. The maximum atomic E-state index is 8.87. The highest BCUT2D eigenvalue weighted by Crippen LogP contribution is 2.35. The first-order valence-corrected chi connectivity index (χ1v) is 7.73. The van der Waals surface area contributed by atoms with E-state index in [9.17, 15) is 0 Å². The van der Waals surface area contributed by atoms with Crippen molar-refractivity contribution in [3.8, 4) is 6.07 Å². The molecule has 0 amide bonds. The van der Waals surface area contributed by atoms with Gasteiger partial charge in [0.15, 0.2) is 0 Å². The molecule has 0 radical (unpaired) electrons. The quantitative estimate of drug-likeness (QED) is 0.808. The Morgan fingerprint density at radius 3 is 2.86 bits per heavy atom. The Morgan fingerprint density at radius 1 is 1.29 bits per heavy atom. The van der Waals surface area contributed by atoms with E-state index >= 15 is 0 Å². The zero-order valence-corrected chi connectivity index (χ0v) is 12.5. The normalized spacial score (nSPS) is 16.0. The summed E-state index contributed by atoms with van der Waals surface area (Å²) in [4.78, 5) is 7.18. The highest BCUT2D eigenvalue weighted by atomic mass is 15.2. The molecule has 0 N–H and O–H groups in total. The number of aromatic nitrogens is 1. The summed E-state index contributed by atoms with van der Waals surface area (Å²) in [7, 11) is 0. The summed E-state index contributed by atoms with van der Waals surface area (Å²) >= 11 is 0. The molecule has 1 heterocycles. The molecule has 1 atom stereocenters. The average molecular weight is 279 g/mol. The van der Waals surface area contributed by atoms with Gasteiger partial charge in [-0.05, 0) is 37.8 Å². The van der Waals surface area contributed by atoms with Crippen molar-refractivity contribution in [2.45, 2.75) is 38.8 Å². The summed E-state index contributed by atoms with van der Waals surface area (Å²) in [5.41, 5.74) is 2.15. The fourth-order valence-corrected chi connectivity index (χ4v) is 2.90. The van der Waals surface area contributed by atoms with E-state index in [4.69, 9.17) is 10.2 Å². The van der Waals surface area contributed by atoms with Gasteiger partial charge in [-0.25, -0.2) is 0 Å². The largest absolute Gasteiger partial charge is 0.294 e. The molecule has 1 aromatic carbocycles. The third-order valence-corrected chi connectivity index (χ3v) is 4.41. The van der Waals surface area contributed by atoms with Gasteiger partial charge in [-0.3, -0.25) is 9.88 Å². The van der Waals surface area contributed by atoms with Crippen molar-refractivity contribution >= 4 is 10.9 Å². The molecule has 0 saturated heterocycles. The van der Waals surface area contributed by atoms with E-state index in [1.807, 2.05) is 12.1 Å². The predicted molar refractivity (Wildman–Crippen MR) is 84.6 cm³/mol. The van der Waals surface area contributed by atoms with Crippen molar-refractivity contribution in [1.29, 1.82) is 5.26 Å². The van der Waals surface area contributed by atoms with E-state index in [1.54, 1.807) is 0 Å². The van der Waals surface area contributed by atoms with Crippen LogP contribution in [0.3, 0.4) is 0 Å². The minimum absolute atomic E-state index is 0.548. The van der Waals surface area contributed by atoms with Gasteiger partial charge >= 0.3 is 0 Å². The van der Waals surface area contributed by atoms with Crippen LogP contribution in [0.5, 0.6) is 0 Å². The third kappa shape index (κ3) is 3.40. The Bertz CT molecular complexity index is 655. The van der Waals surface area contributed by atoms with E-state index < -0.39 is 0 Å². The predicted octanol–water partition coefficient (Wildman–Crippen LogP) is 3.75. The molecule has 1 fully saturated rings. The molecule has 1 unspecified atom stereocenters. The molecule has 1 aliphatic rings. The Labute approximate surface area is 126 Å². The van der Waals surface area contributed by atoms with Crippen molar-refractivity contribution in [2.75, 3.05) is 6.54 Å². The Balaban J connectivity index is 1.77. The molecule has 2 aromatic rings. The summed E-state index contributed by atoms with van der Waals surface area (Å²) < 4.78 is 0. The van der Waals surface area contributed by atoms with E-state index in [1.165, 1.54) is 18.2 Å². The lowest BCUT2D eigenvalue weighted by molar-refractivity contribution is 0.183. The minimum atomic E-state index is 0.548. The maximum Gasteiger partial charge on any atom is 0.0705 e. The van der Waals surface area contributed by atoms with Crippen LogP contribution in [0, 0.1) is 17.2 Å². The zero-order chi connectivity index (χ0) is 14.7. The van der Waals surface area contributed by atoms with Crippen molar-refractivity contribution < 1.29 is 0 Å². The number of rotatable bonds is 6. The van der Waals surface area contributed by atoms with Crippen molar-refractivity contribution in [1.82, 2.24) is 9.88 Å². The van der Waals surface area contributed by atoms with Gasteiger partial charge in [0, 0.05) is 30.9 Å². The van der Waals surface area contributed by atoms with Crippen molar-refractivity contribution in [3.05, 3.63) is 42.1 Å². The van der Waals surface area contributed by atoms with Crippen LogP contribution in [-0.2, 0) is 6.54 Å². The molecule has 1 saturated carbocycles. The topological polar surface area (TPSA) is 39.9 Å². The SMILES string of the molecule is CC(C1CC1)N(CCC#N)Cc1ccc2ccccc2n1. The Kier molecular flexibility index (Phi) is 4.17. The van der Waals surface area contributed by atoms with Crippen LogP contribution >= 0.6 is 0 Å². The summed E-state index contributed by atoms with van der Waals surface area (Å²) in [6.45, 7) is 3.96. The molecule has 3 heteroatoms. The number of pyridine rings is 1. The number of nitriles is 1. The highest BCUT2D eigenvalue weighted by Gasteiger charge is 2.31. The second-order valence-corrected chi connectivity index (χ2v) is 5.95. The van der Waals surface area contributed by atoms with Crippen LogP contribution in [0.25, 0.3) is 10.9 Å². The molecule has 3 rings (SSSR count). The molecule has 0 bridgehead atoms. The maximum absolute atomic E-state index is 8.87. The van der Waals surface area contributed by atoms with Gasteiger partial charge in [0.2, 0.25) is 0 Å². The molecule has 21 heavy (non-hydrogen) atoms. The molecule has 3 nitrogen and oxygen atoms in total. The molecule has 1 aromatic heterocycles. The first-order chi connectivity index (χ1) is 10.3. The van der Waals surface area contributed by atoms with Gasteiger partial charge in [0.05, 0.1) is 17.3 Å².